The highest BCUT2D eigenvalue weighted by atomic mass is 32.1. The summed E-state index contributed by atoms with van der Waals surface area (Å²) in [5.74, 6) is 1.08. The summed E-state index contributed by atoms with van der Waals surface area (Å²) >= 11 is 1.73. The standard InChI is InChI=1S/C15H18N2OS/c1-10-9-19-14(17-10)8-13(16-2)12-5-3-4-11-6-7-18-15(11)12/h3-5,9,13,16H,6-8H2,1-2H3. The molecule has 0 saturated carbocycles. The van der Waals surface area contributed by atoms with E-state index in [0.717, 1.165) is 30.9 Å². The molecule has 1 aliphatic rings. The summed E-state index contributed by atoms with van der Waals surface area (Å²) < 4.78 is 5.80. The van der Waals surface area contributed by atoms with Crippen LogP contribution >= 0.6 is 11.3 Å². The van der Waals surface area contributed by atoms with Crippen LogP contribution in [0.15, 0.2) is 23.6 Å². The highest BCUT2D eigenvalue weighted by Gasteiger charge is 2.22. The van der Waals surface area contributed by atoms with Gasteiger partial charge in [0.05, 0.1) is 11.6 Å². The molecule has 1 aromatic carbocycles. The summed E-state index contributed by atoms with van der Waals surface area (Å²) in [5, 5.41) is 6.67. The quantitative estimate of drug-likeness (QED) is 0.931. The van der Waals surface area contributed by atoms with Gasteiger partial charge in [-0.25, -0.2) is 4.98 Å². The van der Waals surface area contributed by atoms with E-state index in [1.807, 2.05) is 14.0 Å². The normalized spacial score (nSPS) is 15.1. The molecule has 2 heterocycles. The van der Waals surface area contributed by atoms with E-state index in [0.29, 0.717) is 0 Å². The van der Waals surface area contributed by atoms with Crippen LogP contribution in [-0.4, -0.2) is 18.6 Å². The lowest BCUT2D eigenvalue weighted by molar-refractivity contribution is 0.349. The van der Waals surface area contributed by atoms with Crippen molar-refractivity contribution in [1.82, 2.24) is 10.3 Å². The first-order chi connectivity index (χ1) is 9.28. The van der Waals surface area contributed by atoms with Crippen molar-refractivity contribution in [3.05, 3.63) is 45.4 Å². The van der Waals surface area contributed by atoms with Crippen LogP contribution in [0.1, 0.15) is 27.9 Å². The third-order valence-electron chi connectivity index (χ3n) is 3.51. The van der Waals surface area contributed by atoms with Crippen molar-refractivity contribution in [2.24, 2.45) is 0 Å². The van der Waals surface area contributed by atoms with E-state index in [2.05, 4.69) is 33.9 Å². The fourth-order valence-corrected chi connectivity index (χ4v) is 3.37. The highest BCUT2D eigenvalue weighted by molar-refractivity contribution is 7.09. The Bertz CT molecular complexity index is 579. The maximum atomic E-state index is 5.80. The van der Waals surface area contributed by atoms with E-state index in [-0.39, 0.29) is 6.04 Å². The molecule has 1 N–H and O–H groups in total. The molecule has 0 spiro atoms. The van der Waals surface area contributed by atoms with Crippen molar-refractivity contribution >= 4 is 11.3 Å². The van der Waals surface area contributed by atoms with Crippen LogP contribution in [0.5, 0.6) is 5.75 Å². The maximum Gasteiger partial charge on any atom is 0.127 e. The molecule has 1 aliphatic heterocycles. The van der Waals surface area contributed by atoms with Crippen LogP contribution in [0.2, 0.25) is 0 Å². The van der Waals surface area contributed by atoms with Crippen LogP contribution in [0.25, 0.3) is 0 Å². The van der Waals surface area contributed by atoms with Gasteiger partial charge in [0, 0.05) is 35.5 Å². The molecular formula is C15H18N2OS. The molecule has 3 rings (SSSR count). The van der Waals surface area contributed by atoms with Crippen LogP contribution in [0, 0.1) is 6.92 Å². The van der Waals surface area contributed by atoms with E-state index in [4.69, 9.17) is 4.74 Å². The summed E-state index contributed by atoms with van der Waals surface area (Å²) in [4.78, 5) is 4.56. The number of ether oxygens (including phenoxy) is 1. The second kappa shape index (κ2) is 5.31. The molecule has 1 unspecified atom stereocenters. The largest absolute Gasteiger partial charge is 0.493 e. The Morgan fingerprint density at radius 1 is 1.47 bits per heavy atom. The highest BCUT2D eigenvalue weighted by Crippen LogP contribution is 2.34. The first-order valence-corrected chi connectivity index (χ1v) is 7.48. The average Bonchev–Trinajstić information content (AvgIpc) is 3.04. The van der Waals surface area contributed by atoms with Gasteiger partial charge in [-0.3, -0.25) is 0 Å². The minimum Gasteiger partial charge on any atom is -0.493 e. The molecule has 1 atom stereocenters. The first kappa shape index (κ1) is 12.6. The number of aryl methyl sites for hydroxylation is 1. The Hall–Kier alpha value is -1.39. The third-order valence-corrected chi connectivity index (χ3v) is 4.50. The Morgan fingerprint density at radius 3 is 3.11 bits per heavy atom. The van der Waals surface area contributed by atoms with Gasteiger partial charge in [-0.05, 0) is 19.5 Å². The topological polar surface area (TPSA) is 34.2 Å². The number of nitrogens with zero attached hydrogens (tertiary/aromatic N) is 1. The first-order valence-electron chi connectivity index (χ1n) is 6.61. The molecule has 1 aromatic heterocycles. The fourth-order valence-electron chi connectivity index (χ4n) is 2.55. The number of aromatic nitrogens is 1. The van der Waals surface area contributed by atoms with Crippen molar-refractivity contribution in [3.8, 4) is 5.75 Å². The van der Waals surface area contributed by atoms with Crippen molar-refractivity contribution in [2.75, 3.05) is 13.7 Å². The smallest absolute Gasteiger partial charge is 0.127 e. The number of benzene rings is 1. The average molecular weight is 274 g/mol. The van der Waals surface area contributed by atoms with Crippen LogP contribution < -0.4 is 10.1 Å². The van der Waals surface area contributed by atoms with Gasteiger partial charge in [0.15, 0.2) is 0 Å². The lowest BCUT2D eigenvalue weighted by Gasteiger charge is -2.18. The molecule has 0 saturated heterocycles. The molecule has 0 bridgehead atoms. The van der Waals surface area contributed by atoms with Crippen molar-refractivity contribution in [2.45, 2.75) is 25.8 Å². The second-order valence-corrected chi connectivity index (χ2v) is 5.80. The molecule has 100 valence electrons. The SMILES string of the molecule is CNC(Cc1nc(C)cs1)c1cccc2c1OCC2. The predicted molar refractivity (Wildman–Crippen MR) is 78.0 cm³/mol. The number of rotatable bonds is 4. The van der Waals surface area contributed by atoms with E-state index in [1.165, 1.54) is 16.1 Å². The molecule has 2 aromatic rings. The number of likely N-dealkylation sites (N-methyl/N-ethyl adjacent to an activating group) is 1. The predicted octanol–water partition coefficient (Wildman–Crippen LogP) is 2.89. The minimum absolute atomic E-state index is 0.263. The zero-order valence-corrected chi connectivity index (χ0v) is 12.1. The van der Waals surface area contributed by atoms with Crippen LogP contribution in [0.4, 0.5) is 0 Å². The number of para-hydroxylation sites is 1. The fraction of sp³-hybridized carbons (Fsp3) is 0.400. The zero-order chi connectivity index (χ0) is 13.2. The molecule has 0 fully saturated rings. The summed E-state index contributed by atoms with van der Waals surface area (Å²) in [5.41, 5.74) is 3.68. The molecular weight excluding hydrogens is 256 g/mol. The Morgan fingerprint density at radius 2 is 2.37 bits per heavy atom. The summed E-state index contributed by atoms with van der Waals surface area (Å²) in [7, 11) is 2.00. The lowest BCUT2D eigenvalue weighted by atomic mass is 10.00. The Labute approximate surface area is 117 Å². The van der Waals surface area contributed by atoms with E-state index in [1.54, 1.807) is 11.3 Å². The number of hydrogen-bond acceptors (Lipinski definition) is 4. The van der Waals surface area contributed by atoms with Crippen molar-refractivity contribution in [1.29, 1.82) is 0 Å². The molecule has 4 heteroatoms. The molecule has 3 nitrogen and oxygen atoms in total. The van der Waals surface area contributed by atoms with Crippen molar-refractivity contribution in [3.63, 3.8) is 0 Å². The van der Waals surface area contributed by atoms with Gasteiger partial charge in [-0.1, -0.05) is 18.2 Å². The summed E-state index contributed by atoms with van der Waals surface area (Å²) in [6.07, 6.45) is 1.94. The Kier molecular flexibility index (Phi) is 3.53. The minimum atomic E-state index is 0.263. The van der Waals surface area contributed by atoms with Crippen LogP contribution in [-0.2, 0) is 12.8 Å². The lowest BCUT2D eigenvalue weighted by Crippen LogP contribution is -2.19. The van der Waals surface area contributed by atoms with Gasteiger partial charge < -0.3 is 10.1 Å². The van der Waals surface area contributed by atoms with Crippen LogP contribution in [0.3, 0.4) is 0 Å². The third kappa shape index (κ3) is 2.51. The number of hydrogen-bond donors (Lipinski definition) is 1. The zero-order valence-electron chi connectivity index (χ0n) is 11.3. The molecule has 0 amide bonds. The monoisotopic (exact) mass is 274 g/mol. The van der Waals surface area contributed by atoms with Gasteiger partial charge in [0.2, 0.25) is 0 Å². The van der Waals surface area contributed by atoms with E-state index >= 15 is 0 Å². The van der Waals surface area contributed by atoms with Gasteiger partial charge in [0.25, 0.3) is 0 Å². The van der Waals surface area contributed by atoms with Crippen molar-refractivity contribution < 1.29 is 4.74 Å². The summed E-state index contributed by atoms with van der Waals surface area (Å²) in [6.45, 7) is 2.84. The number of thiazole rings is 1. The molecule has 0 aliphatic carbocycles. The van der Waals surface area contributed by atoms with Gasteiger partial charge >= 0.3 is 0 Å². The second-order valence-electron chi connectivity index (χ2n) is 4.86. The molecule has 0 radical (unpaired) electrons. The molecule has 19 heavy (non-hydrogen) atoms. The number of nitrogens with one attached hydrogen (secondary N) is 1. The maximum absolute atomic E-state index is 5.80. The van der Waals surface area contributed by atoms with E-state index < -0.39 is 0 Å². The van der Waals surface area contributed by atoms with Gasteiger partial charge in [-0.2, -0.15) is 0 Å². The van der Waals surface area contributed by atoms with E-state index in [9.17, 15) is 0 Å². The Balaban J connectivity index is 1.88. The number of fused-ring (bicyclic) bond motifs is 1. The van der Waals surface area contributed by atoms with Gasteiger partial charge in [0.1, 0.15) is 5.75 Å². The van der Waals surface area contributed by atoms with Gasteiger partial charge in [-0.15, -0.1) is 11.3 Å². The summed E-state index contributed by atoms with van der Waals surface area (Å²) in [6, 6.07) is 6.71.